The topological polar surface area (TPSA) is 32.3 Å². The van der Waals surface area contributed by atoms with E-state index in [1.54, 1.807) is 13.0 Å². The molecule has 0 unspecified atom stereocenters. The molecule has 0 aromatic heterocycles. The van der Waals surface area contributed by atoms with Crippen LogP contribution in [0.3, 0.4) is 0 Å². The number of aryl methyl sites for hydroxylation is 1. The van der Waals surface area contributed by atoms with Crippen molar-refractivity contribution in [3.63, 3.8) is 0 Å². The second kappa shape index (κ2) is 6.50. The monoisotopic (exact) mass is 286 g/mol. The summed E-state index contributed by atoms with van der Waals surface area (Å²) in [6.45, 7) is 2.49. The van der Waals surface area contributed by atoms with Crippen molar-refractivity contribution in [3.8, 4) is 0 Å². The molecule has 0 atom stereocenters. The van der Waals surface area contributed by atoms with Crippen molar-refractivity contribution in [2.75, 3.05) is 19.4 Å². The predicted octanol–water partition coefficient (Wildman–Crippen LogP) is 3.45. The van der Waals surface area contributed by atoms with Crippen molar-refractivity contribution in [1.82, 2.24) is 4.90 Å². The first-order valence-electron chi connectivity index (χ1n) is 6.77. The van der Waals surface area contributed by atoms with Crippen LogP contribution >= 0.6 is 0 Å². The minimum Gasteiger partial charge on any atom is -0.322 e. The van der Waals surface area contributed by atoms with Gasteiger partial charge in [0.2, 0.25) is 0 Å². The van der Waals surface area contributed by atoms with Crippen molar-refractivity contribution < 1.29 is 9.18 Å². The number of para-hydroxylation sites is 1. The quantitative estimate of drug-likeness (QED) is 0.933. The molecule has 0 bridgehead atoms. The highest BCUT2D eigenvalue weighted by molar-refractivity contribution is 6.04. The van der Waals surface area contributed by atoms with Gasteiger partial charge in [0.15, 0.2) is 0 Å². The third kappa shape index (κ3) is 3.89. The van der Waals surface area contributed by atoms with Crippen molar-refractivity contribution in [2.45, 2.75) is 13.5 Å². The van der Waals surface area contributed by atoms with E-state index in [0.29, 0.717) is 12.2 Å². The van der Waals surface area contributed by atoms with E-state index < -0.39 is 11.7 Å². The number of nitrogens with zero attached hydrogens (tertiary/aromatic N) is 1. The number of benzene rings is 2. The van der Waals surface area contributed by atoms with Crippen LogP contribution in [0.25, 0.3) is 0 Å². The Morgan fingerprint density at radius 1 is 1.19 bits per heavy atom. The Morgan fingerprint density at radius 3 is 2.57 bits per heavy atom. The van der Waals surface area contributed by atoms with E-state index in [9.17, 15) is 9.18 Å². The van der Waals surface area contributed by atoms with Crippen LogP contribution in [0.2, 0.25) is 0 Å². The SMILES string of the molecule is Cc1ccc(C(=O)Nc2ccccc2CN(C)C)c(F)c1. The van der Waals surface area contributed by atoms with Gasteiger partial charge in [-0.3, -0.25) is 4.79 Å². The van der Waals surface area contributed by atoms with E-state index in [1.807, 2.05) is 43.3 Å². The minimum atomic E-state index is -0.502. The third-order valence-electron chi connectivity index (χ3n) is 3.12. The largest absolute Gasteiger partial charge is 0.322 e. The smallest absolute Gasteiger partial charge is 0.258 e. The van der Waals surface area contributed by atoms with Gasteiger partial charge in [0.1, 0.15) is 5.82 Å². The number of rotatable bonds is 4. The summed E-state index contributed by atoms with van der Waals surface area (Å²) in [6.07, 6.45) is 0. The van der Waals surface area contributed by atoms with Gasteiger partial charge in [0.25, 0.3) is 5.91 Å². The van der Waals surface area contributed by atoms with Crippen LogP contribution in [0, 0.1) is 12.7 Å². The number of hydrogen-bond donors (Lipinski definition) is 1. The van der Waals surface area contributed by atoms with E-state index in [0.717, 1.165) is 11.1 Å². The van der Waals surface area contributed by atoms with Gasteiger partial charge in [0.05, 0.1) is 5.56 Å². The van der Waals surface area contributed by atoms with Gasteiger partial charge >= 0.3 is 0 Å². The standard InChI is InChI=1S/C17H19FN2O/c1-12-8-9-14(15(18)10-12)17(21)19-16-7-5-4-6-13(16)11-20(2)3/h4-10H,11H2,1-3H3,(H,19,21). The molecule has 0 aliphatic heterocycles. The predicted molar refractivity (Wildman–Crippen MR) is 82.9 cm³/mol. The van der Waals surface area contributed by atoms with E-state index in [1.165, 1.54) is 12.1 Å². The summed E-state index contributed by atoms with van der Waals surface area (Å²) in [4.78, 5) is 14.2. The fourth-order valence-corrected chi connectivity index (χ4v) is 2.11. The summed E-state index contributed by atoms with van der Waals surface area (Å²) in [5.41, 5.74) is 2.54. The van der Waals surface area contributed by atoms with Gasteiger partial charge in [-0.1, -0.05) is 24.3 Å². The highest BCUT2D eigenvalue weighted by atomic mass is 19.1. The Kier molecular flexibility index (Phi) is 4.70. The molecule has 0 spiro atoms. The van der Waals surface area contributed by atoms with Gasteiger partial charge in [0, 0.05) is 12.2 Å². The highest BCUT2D eigenvalue weighted by Crippen LogP contribution is 2.18. The number of halogens is 1. The summed E-state index contributed by atoms with van der Waals surface area (Å²) in [6, 6.07) is 12.1. The molecule has 0 aliphatic carbocycles. The maximum atomic E-state index is 13.8. The molecule has 0 radical (unpaired) electrons. The summed E-state index contributed by atoms with van der Waals surface area (Å²) in [7, 11) is 3.91. The van der Waals surface area contributed by atoms with Crippen molar-refractivity contribution in [3.05, 3.63) is 65.0 Å². The summed E-state index contributed by atoms with van der Waals surface area (Å²) < 4.78 is 13.8. The summed E-state index contributed by atoms with van der Waals surface area (Å²) >= 11 is 0. The number of nitrogens with one attached hydrogen (secondary N) is 1. The summed E-state index contributed by atoms with van der Waals surface area (Å²) in [5, 5.41) is 2.79. The minimum absolute atomic E-state index is 0.0558. The zero-order valence-corrected chi connectivity index (χ0v) is 12.5. The molecule has 3 nitrogen and oxygen atoms in total. The highest BCUT2D eigenvalue weighted by Gasteiger charge is 2.13. The van der Waals surface area contributed by atoms with Crippen LogP contribution in [0.1, 0.15) is 21.5 Å². The number of anilines is 1. The number of carbonyl (C=O) groups is 1. The second-order valence-corrected chi connectivity index (χ2v) is 5.33. The van der Waals surface area contributed by atoms with Gasteiger partial charge in [-0.05, 0) is 50.3 Å². The molecular formula is C17H19FN2O. The lowest BCUT2D eigenvalue weighted by molar-refractivity contribution is 0.102. The molecule has 110 valence electrons. The fourth-order valence-electron chi connectivity index (χ4n) is 2.11. The van der Waals surface area contributed by atoms with Crippen LogP contribution in [-0.2, 0) is 6.54 Å². The van der Waals surface area contributed by atoms with Gasteiger partial charge in [-0.15, -0.1) is 0 Å². The third-order valence-corrected chi connectivity index (χ3v) is 3.12. The zero-order chi connectivity index (χ0) is 15.4. The van der Waals surface area contributed by atoms with E-state index >= 15 is 0 Å². The molecule has 2 rings (SSSR count). The molecule has 0 saturated heterocycles. The van der Waals surface area contributed by atoms with Gasteiger partial charge < -0.3 is 10.2 Å². The molecule has 0 saturated carbocycles. The maximum Gasteiger partial charge on any atom is 0.258 e. The summed E-state index contributed by atoms with van der Waals surface area (Å²) in [5.74, 6) is -0.934. The molecule has 2 aromatic carbocycles. The lowest BCUT2D eigenvalue weighted by atomic mass is 10.1. The molecule has 1 amide bonds. The number of carbonyl (C=O) groups excluding carboxylic acids is 1. The lowest BCUT2D eigenvalue weighted by Gasteiger charge is -2.15. The van der Waals surface area contributed by atoms with Crippen molar-refractivity contribution >= 4 is 11.6 Å². The van der Waals surface area contributed by atoms with E-state index in [4.69, 9.17) is 0 Å². The molecule has 2 aromatic rings. The normalized spacial score (nSPS) is 10.7. The average molecular weight is 286 g/mol. The van der Waals surface area contributed by atoms with Crippen molar-refractivity contribution in [2.24, 2.45) is 0 Å². The van der Waals surface area contributed by atoms with Crippen molar-refractivity contribution in [1.29, 1.82) is 0 Å². The van der Waals surface area contributed by atoms with Crippen LogP contribution < -0.4 is 5.32 Å². The molecule has 21 heavy (non-hydrogen) atoms. The van der Waals surface area contributed by atoms with Crippen LogP contribution in [0.4, 0.5) is 10.1 Å². The van der Waals surface area contributed by atoms with Gasteiger partial charge in [-0.25, -0.2) is 4.39 Å². The molecule has 0 heterocycles. The first kappa shape index (κ1) is 15.2. The first-order valence-corrected chi connectivity index (χ1v) is 6.77. The van der Waals surface area contributed by atoms with Crippen LogP contribution in [0.5, 0.6) is 0 Å². The van der Waals surface area contributed by atoms with Crippen LogP contribution in [-0.4, -0.2) is 24.9 Å². The average Bonchev–Trinajstić information content (AvgIpc) is 2.40. The van der Waals surface area contributed by atoms with E-state index in [-0.39, 0.29) is 5.56 Å². The molecule has 1 N–H and O–H groups in total. The Morgan fingerprint density at radius 2 is 1.90 bits per heavy atom. The molecule has 0 fully saturated rings. The molecule has 0 aliphatic rings. The lowest BCUT2D eigenvalue weighted by Crippen LogP contribution is -2.17. The number of hydrogen-bond acceptors (Lipinski definition) is 2. The Hall–Kier alpha value is -2.20. The molecular weight excluding hydrogens is 267 g/mol. The Balaban J connectivity index is 2.23. The first-order chi connectivity index (χ1) is 9.97. The maximum absolute atomic E-state index is 13.8. The van der Waals surface area contributed by atoms with Crippen LogP contribution in [0.15, 0.2) is 42.5 Å². The van der Waals surface area contributed by atoms with Gasteiger partial charge in [-0.2, -0.15) is 0 Å². The number of amides is 1. The second-order valence-electron chi connectivity index (χ2n) is 5.33. The van der Waals surface area contributed by atoms with E-state index in [2.05, 4.69) is 5.32 Å². The zero-order valence-electron chi connectivity index (χ0n) is 12.5. The Bertz CT molecular complexity index is 653. The molecule has 4 heteroatoms. The Labute approximate surface area is 124 Å². The fraction of sp³-hybridized carbons (Fsp3) is 0.235.